The molecule has 1 aliphatic carbocycles. The van der Waals surface area contributed by atoms with Gasteiger partial charge in [0.1, 0.15) is 12.7 Å². The number of benzene rings is 1. The third-order valence-corrected chi connectivity index (χ3v) is 4.64. The molecule has 3 aromatic rings. The Morgan fingerprint density at radius 1 is 1.21 bits per heavy atom. The summed E-state index contributed by atoms with van der Waals surface area (Å²) in [4.78, 5) is 32.6. The van der Waals surface area contributed by atoms with Gasteiger partial charge in [0.25, 0.3) is 0 Å². The molecule has 9 nitrogen and oxygen atoms in total. The highest BCUT2D eigenvalue weighted by Gasteiger charge is 2.29. The molecule has 0 radical (unpaired) electrons. The lowest BCUT2D eigenvalue weighted by Gasteiger charge is -2.13. The number of urea groups is 1. The molecule has 1 saturated carbocycles. The molecule has 0 spiro atoms. The molecular weight excluding hydrogens is 370 g/mol. The van der Waals surface area contributed by atoms with Gasteiger partial charge in [0.15, 0.2) is 5.82 Å². The van der Waals surface area contributed by atoms with Crippen LogP contribution in [0.4, 0.5) is 16.2 Å². The number of aromatic nitrogens is 4. The molecule has 0 aliphatic heterocycles. The predicted octanol–water partition coefficient (Wildman–Crippen LogP) is 2.64. The van der Waals surface area contributed by atoms with Crippen LogP contribution in [0.25, 0.3) is 5.82 Å². The first-order chi connectivity index (χ1) is 14.1. The zero-order valence-corrected chi connectivity index (χ0v) is 15.9. The van der Waals surface area contributed by atoms with Crippen molar-refractivity contribution in [3.8, 4) is 5.82 Å². The molecule has 2 aromatic heterocycles. The van der Waals surface area contributed by atoms with Gasteiger partial charge < -0.3 is 16.0 Å². The molecule has 1 aliphatic rings. The fourth-order valence-electron chi connectivity index (χ4n) is 2.86. The van der Waals surface area contributed by atoms with Crippen LogP contribution in [-0.4, -0.2) is 31.7 Å². The van der Waals surface area contributed by atoms with Crippen molar-refractivity contribution in [2.24, 2.45) is 5.92 Å². The summed E-state index contributed by atoms with van der Waals surface area (Å²) in [6, 6.07) is 8.77. The Kier molecular flexibility index (Phi) is 5.19. The molecular formula is C20H21N7O2. The first-order valence-electron chi connectivity index (χ1n) is 9.35. The third-order valence-electron chi connectivity index (χ3n) is 4.64. The maximum absolute atomic E-state index is 12.4. The van der Waals surface area contributed by atoms with Gasteiger partial charge in [-0.3, -0.25) is 4.79 Å². The van der Waals surface area contributed by atoms with E-state index in [-0.39, 0.29) is 24.4 Å². The number of pyridine rings is 1. The lowest BCUT2D eigenvalue weighted by atomic mass is 10.1. The van der Waals surface area contributed by atoms with Crippen LogP contribution in [-0.2, 0) is 11.3 Å². The number of aryl methyl sites for hydroxylation is 1. The number of rotatable bonds is 6. The van der Waals surface area contributed by atoms with Crippen molar-refractivity contribution in [2.45, 2.75) is 26.3 Å². The Morgan fingerprint density at radius 3 is 2.83 bits per heavy atom. The topological polar surface area (TPSA) is 114 Å². The quantitative estimate of drug-likeness (QED) is 0.598. The van der Waals surface area contributed by atoms with E-state index in [9.17, 15) is 9.59 Å². The SMILES string of the molecule is Cc1ccc(NC(=O)C2CC2)cc1NC(=O)NCc1cccnc1-n1cncn1. The Labute approximate surface area is 167 Å². The number of nitrogens with zero attached hydrogens (tertiary/aromatic N) is 4. The molecule has 4 rings (SSSR count). The number of hydrogen-bond acceptors (Lipinski definition) is 5. The molecule has 1 aromatic carbocycles. The molecule has 3 N–H and O–H groups in total. The summed E-state index contributed by atoms with van der Waals surface area (Å²) >= 11 is 0. The van der Waals surface area contributed by atoms with Crippen molar-refractivity contribution in [3.63, 3.8) is 0 Å². The van der Waals surface area contributed by atoms with E-state index in [0.29, 0.717) is 17.2 Å². The Hall–Kier alpha value is -3.75. The van der Waals surface area contributed by atoms with Crippen molar-refractivity contribution in [3.05, 3.63) is 60.3 Å². The molecule has 148 valence electrons. The summed E-state index contributed by atoms with van der Waals surface area (Å²) in [7, 11) is 0. The van der Waals surface area contributed by atoms with E-state index >= 15 is 0 Å². The average molecular weight is 391 g/mol. The molecule has 9 heteroatoms. The third kappa shape index (κ3) is 4.57. The van der Waals surface area contributed by atoms with Crippen molar-refractivity contribution >= 4 is 23.3 Å². The van der Waals surface area contributed by atoms with Gasteiger partial charge in [0, 0.05) is 35.6 Å². The highest BCUT2D eigenvalue weighted by molar-refractivity contribution is 5.96. The monoisotopic (exact) mass is 391 g/mol. The van der Waals surface area contributed by atoms with E-state index in [0.717, 1.165) is 24.0 Å². The summed E-state index contributed by atoms with van der Waals surface area (Å²) in [6.07, 6.45) is 6.52. The second-order valence-electron chi connectivity index (χ2n) is 6.93. The minimum Gasteiger partial charge on any atom is -0.334 e. The molecule has 0 bridgehead atoms. The van der Waals surface area contributed by atoms with Gasteiger partial charge in [-0.25, -0.2) is 19.4 Å². The second kappa shape index (κ2) is 8.09. The minimum atomic E-state index is -0.354. The molecule has 1 fully saturated rings. The van der Waals surface area contributed by atoms with Crippen LogP contribution in [0.1, 0.15) is 24.0 Å². The smallest absolute Gasteiger partial charge is 0.319 e. The van der Waals surface area contributed by atoms with Crippen molar-refractivity contribution in [1.82, 2.24) is 25.1 Å². The van der Waals surface area contributed by atoms with Gasteiger partial charge in [0.05, 0.1) is 0 Å². The molecule has 0 saturated heterocycles. The molecule has 3 amide bonds. The number of carbonyl (C=O) groups is 2. The van der Waals surface area contributed by atoms with Crippen molar-refractivity contribution in [2.75, 3.05) is 10.6 Å². The number of amides is 3. The molecule has 2 heterocycles. The van der Waals surface area contributed by atoms with E-state index in [2.05, 4.69) is 31.0 Å². The van der Waals surface area contributed by atoms with Gasteiger partial charge in [-0.2, -0.15) is 5.10 Å². The second-order valence-corrected chi connectivity index (χ2v) is 6.93. The van der Waals surface area contributed by atoms with E-state index in [1.807, 2.05) is 25.1 Å². The summed E-state index contributed by atoms with van der Waals surface area (Å²) in [5, 5.41) is 12.6. The van der Waals surface area contributed by atoms with Crippen molar-refractivity contribution < 1.29 is 9.59 Å². The first-order valence-corrected chi connectivity index (χ1v) is 9.35. The first kappa shape index (κ1) is 18.6. The zero-order valence-electron chi connectivity index (χ0n) is 15.9. The standard InChI is InChI=1S/C20H21N7O2/c1-13-4-7-16(25-19(28)14-5-6-14)9-17(13)26-20(29)23-10-15-3-2-8-22-18(15)27-12-21-11-24-27/h2-4,7-9,11-12,14H,5-6,10H2,1H3,(H,25,28)(H2,23,26,29). The number of carbonyl (C=O) groups excluding carboxylic acids is 2. The maximum atomic E-state index is 12.4. The summed E-state index contributed by atoms with van der Waals surface area (Å²) < 4.78 is 1.55. The van der Waals surface area contributed by atoms with E-state index in [1.54, 1.807) is 29.3 Å². The number of anilines is 2. The average Bonchev–Trinajstić information content (AvgIpc) is 3.44. The summed E-state index contributed by atoms with van der Waals surface area (Å²) in [6.45, 7) is 2.16. The van der Waals surface area contributed by atoms with E-state index in [4.69, 9.17) is 0 Å². The molecule has 0 atom stereocenters. The molecule has 29 heavy (non-hydrogen) atoms. The Bertz CT molecular complexity index is 1030. The summed E-state index contributed by atoms with van der Waals surface area (Å²) in [5.74, 6) is 0.752. The summed E-state index contributed by atoms with van der Waals surface area (Å²) in [5.41, 5.74) is 3.01. The fourth-order valence-corrected chi connectivity index (χ4v) is 2.86. The molecule has 0 unspecified atom stereocenters. The highest BCUT2D eigenvalue weighted by Crippen LogP contribution is 2.30. The van der Waals surface area contributed by atoms with Crippen LogP contribution >= 0.6 is 0 Å². The zero-order chi connectivity index (χ0) is 20.2. The van der Waals surface area contributed by atoms with Crippen molar-refractivity contribution in [1.29, 1.82) is 0 Å². The maximum Gasteiger partial charge on any atom is 0.319 e. The number of nitrogens with one attached hydrogen (secondary N) is 3. The van der Waals surface area contributed by atoms with E-state index in [1.165, 1.54) is 6.33 Å². The van der Waals surface area contributed by atoms with Crippen LogP contribution < -0.4 is 16.0 Å². The van der Waals surface area contributed by atoms with Crippen LogP contribution in [0.15, 0.2) is 49.2 Å². The van der Waals surface area contributed by atoms with Gasteiger partial charge in [-0.05, 0) is 43.5 Å². The highest BCUT2D eigenvalue weighted by atomic mass is 16.2. The number of hydrogen-bond donors (Lipinski definition) is 3. The van der Waals surface area contributed by atoms with Gasteiger partial charge in [-0.15, -0.1) is 0 Å². The van der Waals surface area contributed by atoms with Gasteiger partial charge >= 0.3 is 6.03 Å². The van der Waals surface area contributed by atoms with Gasteiger partial charge in [-0.1, -0.05) is 12.1 Å². The van der Waals surface area contributed by atoms with Crippen LogP contribution in [0, 0.1) is 12.8 Å². The fraction of sp³-hybridized carbons (Fsp3) is 0.250. The van der Waals surface area contributed by atoms with Crippen LogP contribution in [0.2, 0.25) is 0 Å². The van der Waals surface area contributed by atoms with Crippen LogP contribution in [0.3, 0.4) is 0 Å². The van der Waals surface area contributed by atoms with Crippen LogP contribution in [0.5, 0.6) is 0 Å². The minimum absolute atomic E-state index is 0.0291. The Balaban J connectivity index is 1.40. The van der Waals surface area contributed by atoms with E-state index < -0.39 is 0 Å². The lowest BCUT2D eigenvalue weighted by Crippen LogP contribution is -2.29. The predicted molar refractivity (Wildman–Crippen MR) is 108 cm³/mol. The largest absolute Gasteiger partial charge is 0.334 e. The normalized spacial score (nSPS) is 13.0. The lowest BCUT2D eigenvalue weighted by molar-refractivity contribution is -0.117. The Morgan fingerprint density at radius 2 is 2.07 bits per heavy atom. The van der Waals surface area contributed by atoms with Gasteiger partial charge in [0.2, 0.25) is 5.91 Å².